The van der Waals surface area contributed by atoms with Crippen LogP contribution in [-0.2, 0) is 24.2 Å². The summed E-state index contributed by atoms with van der Waals surface area (Å²) < 4.78 is 5.42. The number of carbonyl (C=O) groups excluding carboxylic acids is 1. The maximum atomic E-state index is 12.6. The van der Waals surface area contributed by atoms with E-state index in [1.807, 2.05) is 50.2 Å². The monoisotopic (exact) mass is 514 g/mol. The Balaban J connectivity index is 1.49. The van der Waals surface area contributed by atoms with Crippen LogP contribution in [0.3, 0.4) is 0 Å². The zero-order valence-electron chi connectivity index (χ0n) is 19.7. The van der Waals surface area contributed by atoms with E-state index >= 15 is 0 Å². The van der Waals surface area contributed by atoms with Gasteiger partial charge in [-0.2, -0.15) is 0 Å². The molecule has 4 rings (SSSR count). The largest absolute Gasteiger partial charge is 0.445 e. The van der Waals surface area contributed by atoms with Gasteiger partial charge < -0.3 is 20.1 Å². The average Bonchev–Trinajstić information content (AvgIpc) is 3.23. The van der Waals surface area contributed by atoms with E-state index in [1.54, 1.807) is 12.1 Å². The van der Waals surface area contributed by atoms with E-state index in [-0.39, 0.29) is 13.2 Å². The molecule has 1 aliphatic heterocycles. The molecule has 35 heavy (non-hydrogen) atoms. The first-order valence-electron chi connectivity index (χ1n) is 11.6. The molecule has 7 nitrogen and oxygen atoms in total. The minimum Gasteiger partial charge on any atom is -0.445 e. The molecule has 1 amide bonds. The summed E-state index contributed by atoms with van der Waals surface area (Å²) in [6.45, 7) is 4.66. The maximum absolute atomic E-state index is 12.6. The summed E-state index contributed by atoms with van der Waals surface area (Å²) in [5, 5.41) is 15.0. The number of nitrogens with one attached hydrogen (secondary N) is 1. The summed E-state index contributed by atoms with van der Waals surface area (Å²) in [5.74, 6) is 0.599. The molecule has 184 valence electrons. The predicted octanol–water partition coefficient (Wildman–Crippen LogP) is 5.37. The summed E-state index contributed by atoms with van der Waals surface area (Å²) in [7, 11) is 0. The molecule has 2 N–H and O–H groups in total. The fourth-order valence-electron chi connectivity index (χ4n) is 4.07. The number of benzene rings is 2. The lowest BCUT2D eigenvalue weighted by Crippen LogP contribution is -2.34. The number of β-amino-alcohol motifs (C(OH)–C–C–N with tert-alkyl or cyclic N) is 1. The number of hydrogen-bond donors (Lipinski definition) is 2. The van der Waals surface area contributed by atoms with Crippen LogP contribution in [0.1, 0.15) is 30.8 Å². The number of likely N-dealkylation sites (tertiary alicyclic amines) is 1. The number of nitrogens with zero attached hydrogens (tertiary/aromatic N) is 3. The number of carbonyl (C=O) groups is 1. The summed E-state index contributed by atoms with van der Waals surface area (Å²) in [4.78, 5) is 23.8. The molecule has 1 fully saturated rings. The molecule has 2 heterocycles. The first-order valence-corrected chi connectivity index (χ1v) is 12.4. The topological polar surface area (TPSA) is 87.6 Å². The van der Waals surface area contributed by atoms with Crippen LogP contribution in [0.2, 0.25) is 10.0 Å². The number of aryl methyl sites for hydroxylation is 2. The lowest BCUT2D eigenvalue weighted by Gasteiger charge is -2.20. The molecular formula is C26H28Cl2N4O3. The van der Waals surface area contributed by atoms with E-state index in [4.69, 9.17) is 37.9 Å². The van der Waals surface area contributed by atoms with Gasteiger partial charge in [-0.1, -0.05) is 67.4 Å². The molecule has 1 aromatic heterocycles. The Morgan fingerprint density at radius 2 is 1.83 bits per heavy atom. The molecule has 2 aromatic carbocycles. The molecule has 0 bridgehead atoms. The molecule has 3 aromatic rings. The van der Waals surface area contributed by atoms with Crippen molar-refractivity contribution >= 4 is 35.1 Å². The number of aliphatic hydroxyl groups is 1. The van der Waals surface area contributed by atoms with Gasteiger partial charge in [0.1, 0.15) is 12.4 Å². The van der Waals surface area contributed by atoms with Gasteiger partial charge in [-0.05, 0) is 36.6 Å². The van der Waals surface area contributed by atoms with Crippen molar-refractivity contribution in [2.75, 3.05) is 18.4 Å². The molecule has 9 heteroatoms. The van der Waals surface area contributed by atoms with Crippen LogP contribution in [0.15, 0.2) is 48.5 Å². The number of aliphatic hydroxyl groups excluding tert-OH is 1. The van der Waals surface area contributed by atoms with Crippen molar-refractivity contribution in [1.29, 1.82) is 0 Å². The maximum Gasteiger partial charge on any atom is 0.410 e. The number of anilines is 1. The lowest BCUT2D eigenvalue weighted by molar-refractivity contribution is 0.0971. The molecule has 0 saturated carbocycles. The zero-order valence-corrected chi connectivity index (χ0v) is 21.2. The van der Waals surface area contributed by atoms with Crippen molar-refractivity contribution < 1.29 is 14.6 Å². The summed E-state index contributed by atoms with van der Waals surface area (Å²) in [6.07, 6.45) is 0.0520. The van der Waals surface area contributed by atoms with Crippen LogP contribution in [0.5, 0.6) is 0 Å². The summed E-state index contributed by atoms with van der Waals surface area (Å²) in [6, 6.07) is 14.4. The van der Waals surface area contributed by atoms with Crippen LogP contribution >= 0.6 is 23.2 Å². The lowest BCUT2D eigenvalue weighted by atomic mass is 10.1. The van der Waals surface area contributed by atoms with Crippen molar-refractivity contribution in [3.63, 3.8) is 0 Å². The molecule has 0 radical (unpaired) electrons. The first-order chi connectivity index (χ1) is 16.9. The second-order valence-corrected chi connectivity index (χ2v) is 9.25. The number of amides is 1. The van der Waals surface area contributed by atoms with E-state index in [0.29, 0.717) is 35.2 Å². The van der Waals surface area contributed by atoms with Crippen LogP contribution in [0.25, 0.3) is 11.3 Å². The zero-order chi connectivity index (χ0) is 24.9. The van der Waals surface area contributed by atoms with E-state index < -0.39 is 18.2 Å². The summed E-state index contributed by atoms with van der Waals surface area (Å²) in [5.41, 5.74) is 3.93. The minimum atomic E-state index is -0.763. The average molecular weight is 515 g/mol. The SMILES string of the molecule is CCc1nc(-c2ccc(Cl)cc2Cl)c(CC)nc1N[C@H]1CN(C(=O)OCc2ccccc2)C[C@@H]1O. The number of ether oxygens (including phenoxy) is 1. The Morgan fingerprint density at radius 1 is 1.09 bits per heavy atom. The van der Waals surface area contributed by atoms with E-state index in [1.165, 1.54) is 4.90 Å². The van der Waals surface area contributed by atoms with Crippen molar-refractivity contribution in [2.24, 2.45) is 0 Å². The van der Waals surface area contributed by atoms with Gasteiger partial charge in [-0.15, -0.1) is 0 Å². The van der Waals surface area contributed by atoms with Gasteiger partial charge >= 0.3 is 6.09 Å². The fourth-order valence-corrected chi connectivity index (χ4v) is 4.57. The predicted molar refractivity (Wildman–Crippen MR) is 138 cm³/mol. The van der Waals surface area contributed by atoms with Crippen molar-refractivity contribution in [3.8, 4) is 11.3 Å². The Kier molecular flexibility index (Phi) is 8.11. The number of aromatic nitrogens is 2. The third-order valence-corrected chi connectivity index (χ3v) is 6.52. The van der Waals surface area contributed by atoms with Crippen molar-refractivity contribution in [1.82, 2.24) is 14.9 Å². The molecule has 0 spiro atoms. The Bertz CT molecular complexity index is 1190. The molecule has 0 aliphatic carbocycles. The van der Waals surface area contributed by atoms with Crippen LogP contribution in [0, 0.1) is 0 Å². The smallest absolute Gasteiger partial charge is 0.410 e. The van der Waals surface area contributed by atoms with Crippen LogP contribution in [-0.4, -0.2) is 51.3 Å². The molecule has 1 aliphatic rings. The Labute approximate surface area is 215 Å². The molecular weight excluding hydrogens is 487 g/mol. The number of hydrogen-bond acceptors (Lipinski definition) is 6. The second kappa shape index (κ2) is 11.2. The van der Waals surface area contributed by atoms with Gasteiger partial charge in [0.2, 0.25) is 0 Å². The van der Waals surface area contributed by atoms with Gasteiger partial charge in [0.05, 0.1) is 40.8 Å². The highest BCUT2D eigenvalue weighted by molar-refractivity contribution is 6.36. The van der Waals surface area contributed by atoms with Gasteiger partial charge in [0.15, 0.2) is 0 Å². The highest BCUT2D eigenvalue weighted by Gasteiger charge is 2.35. The molecule has 2 atom stereocenters. The van der Waals surface area contributed by atoms with Gasteiger partial charge in [0, 0.05) is 17.1 Å². The normalized spacial score (nSPS) is 17.5. The third-order valence-electron chi connectivity index (χ3n) is 5.97. The van der Waals surface area contributed by atoms with Gasteiger partial charge in [0.25, 0.3) is 0 Å². The Hall–Kier alpha value is -2.87. The Morgan fingerprint density at radius 3 is 2.51 bits per heavy atom. The van der Waals surface area contributed by atoms with E-state index in [2.05, 4.69) is 5.32 Å². The fraction of sp³-hybridized carbons (Fsp3) is 0.346. The van der Waals surface area contributed by atoms with Crippen LogP contribution in [0.4, 0.5) is 10.6 Å². The number of rotatable bonds is 7. The van der Waals surface area contributed by atoms with Gasteiger partial charge in [-0.25, -0.2) is 14.8 Å². The van der Waals surface area contributed by atoms with Crippen molar-refractivity contribution in [3.05, 3.63) is 75.5 Å². The van der Waals surface area contributed by atoms with E-state index in [9.17, 15) is 9.90 Å². The minimum absolute atomic E-state index is 0.180. The second-order valence-electron chi connectivity index (χ2n) is 8.41. The van der Waals surface area contributed by atoms with Crippen LogP contribution < -0.4 is 5.32 Å². The number of halogens is 2. The van der Waals surface area contributed by atoms with Gasteiger partial charge in [-0.3, -0.25) is 0 Å². The quantitative estimate of drug-likeness (QED) is 0.440. The first kappa shape index (κ1) is 25.2. The molecule has 0 unspecified atom stereocenters. The third kappa shape index (κ3) is 5.86. The highest BCUT2D eigenvalue weighted by Crippen LogP contribution is 2.33. The summed E-state index contributed by atoms with van der Waals surface area (Å²) >= 11 is 12.5. The standard InChI is InChI=1S/C26H28Cl2N4O3/c1-3-20-24(18-11-10-17(27)12-19(18)28)29-21(4-2)25(30-20)31-22-13-32(14-23(22)33)26(34)35-15-16-8-6-5-7-9-16/h5-12,22-23,33H,3-4,13-15H2,1-2H3,(H,30,31)/t22-,23-/m0/s1. The van der Waals surface area contributed by atoms with Crippen molar-refractivity contribution in [2.45, 2.75) is 45.4 Å². The highest BCUT2D eigenvalue weighted by atomic mass is 35.5. The molecule has 1 saturated heterocycles. The van der Waals surface area contributed by atoms with E-state index in [0.717, 1.165) is 28.2 Å².